The average Bonchev–Trinajstić information content (AvgIpc) is 3.03. The molecule has 154 valence electrons. The van der Waals surface area contributed by atoms with Gasteiger partial charge in [-0.1, -0.05) is 12.1 Å². The Hall–Kier alpha value is -4.13. The number of alkyl halides is 2. The van der Waals surface area contributed by atoms with E-state index in [1.165, 1.54) is 25.3 Å². The summed E-state index contributed by atoms with van der Waals surface area (Å²) in [6.45, 7) is -0.689. The number of rotatable bonds is 6. The molecule has 0 saturated carbocycles. The van der Waals surface area contributed by atoms with Crippen LogP contribution in [0.4, 0.5) is 14.5 Å². The number of ether oxygens (including phenoxy) is 4. The van der Waals surface area contributed by atoms with Crippen molar-refractivity contribution in [2.75, 3.05) is 19.0 Å². The van der Waals surface area contributed by atoms with E-state index in [4.69, 9.17) is 14.7 Å². The highest BCUT2D eigenvalue weighted by Crippen LogP contribution is 2.42. The summed E-state index contributed by atoms with van der Waals surface area (Å²) in [6.07, 6.45) is -2.47. The van der Waals surface area contributed by atoms with E-state index < -0.39 is 24.8 Å². The molecule has 1 aliphatic heterocycles. The number of methoxy groups -OCH3 is 1. The number of nitrogens with zero attached hydrogens (tertiary/aromatic N) is 1. The van der Waals surface area contributed by atoms with Gasteiger partial charge in [-0.3, -0.25) is 4.79 Å². The minimum atomic E-state index is -3.77. The fraction of sp³-hybridized carbons (Fsp3) is 0.150. The third-order valence-electron chi connectivity index (χ3n) is 3.79. The summed E-state index contributed by atoms with van der Waals surface area (Å²) in [5, 5.41) is 11.5. The number of esters is 1. The van der Waals surface area contributed by atoms with Crippen LogP contribution in [0.2, 0.25) is 0 Å². The highest BCUT2D eigenvalue weighted by atomic mass is 19.3. The molecule has 8 nitrogen and oxygen atoms in total. The van der Waals surface area contributed by atoms with Gasteiger partial charge < -0.3 is 24.3 Å². The van der Waals surface area contributed by atoms with Gasteiger partial charge >= 0.3 is 12.3 Å². The number of anilines is 1. The summed E-state index contributed by atoms with van der Waals surface area (Å²) in [5.74, 6) is -1.54. The van der Waals surface area contributed by atoms with Crippen molar-refractivity contribution in [3.63, 3.8) is 0 Å². The van der Waals surface area contributed by atoms with Crippen LogP contribution < -0.4 is 19.5 Å². The van der Waals surface area contributed by atoms with Gasteiger partial charge in [0.05, 0.1) is 7.11 Å². The molecule has 2 aromatic carbocycles. The van der Waals surface area contributed by atoms with Crippen LogP contribution in [0.5, 0.6) is 17.2 Å². The highest BCUT2D eigenvalue weighted by Gasteiger charge is 2.43. The lowest BCUT2D eigenvalue weighted by Gasteiger charge is -2.07. The van der Waals surface area contributed by atoms with Crippen LogP contribution in [-0.2, 0) is 14.3 Å². The van der Waals surface area contributed by atoms with Gasteiger partial charge in [-0.15, -0.1) is 8.78 Å². The predicted octanol–water partition coefficient (Wildman–Crippen LogP) is 3.11. The number of halogens is 2. The molecule has 2 aromatic rings. The van der Waals surface area contributed by atoms with E-state index in [1.807, 2.05) is 0 Å². The Labute approximate surface area is 169 Å². The van der Waals surface area contributed by atoms with E-state index in [-0.39, 0.29) is 22.8 Å². The SMILES string of the molecule is COc1ccc(C=C(C#N)C(=O)OCC(=O)Nc2ccc3c(c2)OC(F)(F)O3)cc1. The summed E-state index contributed by atoms with van der Waals surface area (Å²) in [6, 6.07) is 11.9. The van der Waals surface area contributed by atoms with Gasteiger partial charge in [0, 0.05) is 11.8 Å². The Morgan fingerprint density at radius 1 is 1.17 bits per heavy atom. The van der Waals surface area contributed by atoms with Gasteiger partial charge in [-0.25, -0.2) is 4.79 Å². The maximum atomic E-state index is 13.0. The maximum absolute atomic E-state index is 13.0. The second kappa shape index (κ2) is 8.48. The molecule has 0 bridgehead atoms. The number of carbonyl (C=O) groups is 2. The quantitative estimate of drug-likeness (QED) is 0.438. The van der Waals surface area contributed by atoms with Crippen molar-refractivity contribution in [3.8, 4) is 23.3 Å². The Morgan fingerprint density at radius 2 is 1.87 bits per heavy atom. The van der Waals surface area contributed by atoms with Crippen molar-refractivity contribution < 1.29 is 37.3 Å². The third kappa shape index (κ3) is 5.02. The molecule has 0 saturated heterocycles. The number of nitrogens with one attached hydrogen (secondary N) is 1. The molecule has 1 aliphatic rings. The van der Waals surface area contributed by atoms with E-state index in [2.05, 4.69) is 14.8 Å². The monoisotopic (exact) mass is 416 g/mol. The second-order valence-electron chi connectivity index (χ2n) is 5.90. The molecule has 3 rings (SSSR count). The van der Waals surface area contributed by atoms with Crippen molar-refractivity contribution >= 4 is 23.6 Å². The largest absolute Gasteiger partial charge is 0.586 e. The van der Waals surface area contributed by atoms with Gasteiger partial charge in [0.15, 0.2) is 18.1 Å². The lowest BCUT2D eigenvalue weighted by atomic mass is 10.1. The maximum Gasteiger partial charge on any atom is 0.586 e. The zero-order valence-electron chi connectivity index (χ0n) is 15.5. The van der Waals surface area contributed by atoms with Crippen LogP contribution in [0.3, 0.4) is 0 Å². The molecule has 0 fully saturated rings. The van der Waals surface area contributed by atoms with Crippen LogP contribution in [0.25, 0.3) is 6.08 Å². The molecule has 0 radical (unpaired) electrons. The topological polar surface area (TPSA) is 107 Å². The number of amides is 1. The second-order valence-corrected chi connectivity index (χ2v) is 5.90. The normalized spacial score (nSPS) is 13.9. The van der Waals surface area contributed by atoms with Crippen LogP contribution in [0, 0.1) is 11.3 Å². The first kappa shape index (κ1) is 20.6. The Bertz CT molecular complexity index is 1040. The molecule has 0 atom stereocenters. The molecule has 0 unspecified atom stereocenters. The molecule has 10 heteroatoms. The highest BCUT2D eigenvalue weighted by molar-refractivity contribution is 6.00. The van der Waals surface area contributed by atoms with Gasteiger partial charge in [0.2, 0.25) is 0 Å². The molecular weight excluding hydrogens is 402 g/mol. The van der Waals surface area contributed by atoms with Gasteiger partial charge in [-0.05, 0) is 35.9 Å². The minimum absolute atomic E-state index is 0.130. The predicted molar refractivity (Wildman–Crippen MR) is 98.8 cm³/mol. The Morgan fingerprint density at radius 3 is 2.53 bits per heavy atom. The molecule has 1 amide bonds. The van der Waals surface area contributed by atoms with Crippen LogP contribution in [-0.4, -0.2) is 31.9 Å². The zero-order valence-corrected chi connectivity index (χ0v) is 15.5. The fourth-order valence-electron chi connectivity index (χ4n) is 2.44. The lowest BCUT2D eigenvalue weighted by Crippen LogP contribution is -2.25. The molecule has 1 N–H and O–H groups in total. The molecule has 30 heavy (non-hydrogen) atoms. The first-order valence-corrected chi connectivity index (χ1v) is 8.42. The summed E-state index contributed by atoms with van der Waals surface area (Å²) in [5.41, 5.74) is 0.384. The number of hydrogen-bond acceptors (Lipinski definition) is 7. The van der Waals surface area contributed by atoms with E-state index in [1.54, 1.807) is 30.3 Å². The van der Waals surface area contributed by atoms with Crippen molar-refractivity contribution in [1.29, 1.82) is 5.26 Å². The molecule has 0 aromatic heterocycles. The van der Waals surface area contributed by atoms with Crippen molar-refractivity contribution in [2.24, 2.45) is 0 Å². The lowest BCUT2D eigenvalue weighted by molar-refractivity contribution is -0.286. The van der Waals surface area contributed by atoms with Crippen molar-refractivity contribution in [2.45, 2.75) is 6.29 Å². The fourth-order valence-corrected chi connectivity index (χ4v) is 2.44. The third-order valence-corrected chi connectivity index (χ3v) is 3.79. The summed E-state index contributed by atoms with van der Waals surface area (Å²) in [4.78, 5) is 24.0. The number of nitriles is 1. The average molecular weight is 416 g/mol. The van der Waals surface area contributed by atoms with E-state index in [0.717, 1.165) is 6.07 Å². The Kier molecular flexibility index (Phi) is 5.83. The zero-order chi connectivity index (χ0) is 21.7. The van der Waals surface area contributed by atoms with Crippen LogP contribution in [0.15, 0.2) is 48.0 Å². The van der Waals surface area contributed by atoms with E-state index >= 15 is 0 Å². The van der Waals surface area contributed by atoms with Crippen LogP contribution >= 0.6 is 0 Å². The smallest absolute Gasteiger partial charge is 0.497 e. The number of fused-ring (bicyclic) bond motifs is 1. The molecule has 1 heterocycles. The molecule has 0 aliphatic carbocycles. The number of benzene rings is 2. The van der Waals surface area contributed by atoms with Gasteiger partial charge in [0.25, 0.3) is 5.91 Å². The van der Waals surface area contributed by atoms with Gasteiger partial charge in [-0.2, -0.15) is 5.26 Å². The Balaban J connectivity index is 1.56. The number of hydrogen-bond donors (Lipinski definition) is 1. The van der Waals surface area contributed by atoms with Crippen molar-refractivity contribution in [1.82, 2.24) is 0 Å². The van der Waals surface area contributed by atoms with E-state index in [0.29, 0.717) is 11.3 Å². The first-order chi connectivity index (χ1) is 14.3. The van der Waals surface area contributed by atoms with Crippen molar-refractivity contribution in [3.05, 3.63) is 53.6 Å². The number of carbonyl (C=O) groups excluding carboxylic acids is 2. The first-order valence-electron chi connectivity index (χ1n) is 8.42. The standard InChI is InChI=1S/C20H14F2N2O6/c1-27-15-5-2-12(3-6-15)8-13(10-23)19(26)28-11-18(25)24-14-4-7-16-17(9-14)30-20(21,22)29-16/h2-9H,11H2,1H3,(H,24,25). The molecular formula is C20H14F2N2O6. The minimum Gasteiger partial charge on any atom is -0.497 e. The van der Waals surface area contributed by atoms with E-state index in [9.17, 15) is 18.4 Å². The van der Waals surface area contributed by atoms with Gasteiger partial charge in [0.1, 0.15) is 17.4 Å². The van der Waals surface area contributed by atoms with Crippen LogP contribution in [0.1, 0.15) is 5.56 Å². The summed E-state index contributed by atoms with van der Waals surface area (Å²) in [7, 11) is 1.51. The summed E-state index contributed by atoms with van der Waals surface area (Å²) < 4.78 is 44.4. The summed E-state index contributed by atoms with van der Waals surface area (Å²) >= 11 is 0. The molecule has 0 spiro atoms.